The summed E-state index contributed by atoms with van der Waals surface area (Å²) in [5.74, 6) is -3.87. The standard InChI is InChI=1S/C16H14N2O7/c1-7(16(23)24)25-10-4-2-3-8-12(10)15(22)18(14(8)21)9-5-6-11(19)17-13(9)20/h2-4,7,9H,5-6H2,1H3,(H,23,24)(H,17,19,20)/t7-,9+/m1/s1. The van der Waals surface area contributed by atoms with E-state index in [1.54, 1.807) is 0 Å². The summed E-state index contributed by atoms with van der Waals surface area (Å²) in [7, 11) is 0. The molecule has 0 radical (unpaired) electrons. The van der Waals surface area contributed by atoms with Crippen LogP contribution in [0, 0.1) is 0 Å². The summed E-state index contributed by atoms with van der Waals surface area (Å²) in [6, 6.07) is 3.16. The fourth-order valence-electron chi connectivity index (χ4n) is 2.82. The molecule has 4 amide bonds. The third kappa shape index (κ3) is 2.73. The second kappa shape index (κ2) is 6.00. The molecule has 9 nitrogen and oxygen atoms in total. The van der Waals surface area contributed by atoms with E-state index in [1.807, 2.05) is 0 Å². The van der Waals surface area contributed by atoms with Crippen LogP contribution >= 0.6 is 0 Å². The lowest BCUT2D eigenvalue weighted by molar-refractivity contribution is -0.144. The second-order valence-corrected chi connectivity index (χ2v) is 5.72. The van der Waals surface area contributed by atoms with Crippen molar-refractivity contribution in [2.75, 3.05) is 0 Å². The zero-order chi connectivity index (χ0) is 18.3. The van der Waals surface area contributed by atoms with Crippen molar-refractivity contribution in [3.63, 3.8) is 0 Å². The highest BCUT2D eigenvalue weighted by Crippen LogP contribution is 2.34. The number of piperidine rings is 1. The molecule has 0 unspecified atom stereocenters. The minimum Gasteiger partial charge on any atom is -0.479 e. The Morgan fingerprint density at radius 2 is 2.00 bits per heavy atom. The van der Waals surface area contributed by atoms with Gasteiger partial charge in [0.15, 0.2) is 6.10 Å². The number of hydrogen-bond acceptors (Lipinski definition) is 6. The third-order valence-corrected chi connectivity index (χ3v) is 4.08. The van der Waals surface area contributed by atoms with Crippen molar-refractivity contribution >= 4 is 29.6 Å². The fourth-order valence-corrected chi connectivity index (χ4v) is 2.82. The Labute approximate surface area is 141 Å². The molecular formula is C16H14N2O7. The first-order valence-electron chi connectivity index (χ1n) is 7.55. The lowest BCUT2D eigenvalue weighted by atomic mass is 10.0. The van der Waals surface area contributed by atoms with Gasteiger partial charge in [-0.2, -0.15) is 0 Å². The van der Waals surface area contributed by atoms with E-state index >= 15 is 0 Å². The monoisotopic (exact) mass is 346 g/mol. The van der Waals surface area contributed by atoms with Gasteiger partial charge in [-0.15, -0.1) is 0 Å². The largest absolute Gasteiger partial charge is 0.479 e. The van der Waals surface area contributed by atoms with Crippen LogP contribution in [-0.4, -0.2) is 51.8 Å². The average molecular weight is 346 g/mol. The highest BCUT2D eigenvalue weighted by molar-refractivity contribution is 6.24. The van der Waals surface area contributed by atoms with E-state index in [4.69, 9.17) is 9.84 Å². The van der Waals surface area contributed by atoms with E-state index in [0.29, 0.717) is 0 Å². The van der Waals surface area contributed by atoms with Gasteiger partial charge < -0.3 is 9.84 Å². The molecule has 0 saturated carbocycles. The van der Waals surface area contributed by atoms with Gasteiger partial charge in [0.05, 0.1) is 11.1 Å². The molecule has 2 N–H and O–H groups in total. The molecule has 1 aromatic rings. The molecule has 0 bridgehead atoms. The lowest BCUT2D eigenvalue weighted by Crippen LogP contribution is -2.54. The van der Waals surface area contributed by atoms with E-state index in [0.717, 1.165) is 4.90 Å². The van der Waals surface area contributed by atoms with Gasteiger partial charge in [0, 0.05) is 6.42 Å². The minimum atomic E-state index is -1.23. The molecular weight excluding hydrogens is 332 g/mol. The molecule has 0 aliphatic carbocycles. The van der Waals surface area contributed by atoms with E-state index in [1.165, 1.54) is 25.1 Å². The Hall–Kier alpha value is -3.23. The number of benzene rings is 1. The van der Waals surface area contributed by atoms with Crippen molar-refractivity contribution in [3.05, 3.63) is 29.3 Å². The summed E-state index contributed by atoms with van der Waals surface area (Å²) in [6.45, 7) is 1.29. The van der Waals surface area contributed by atoms with Crippen LogP contribution in [0.1, 0.15) is 40.5 Å². The summed E-state index contributed by atoms with van der Waals surface area (Å²) in [5, 5.41) is 11.1. The van der Waals surface area contributed by atoms with E-state index in [9.17, 15) is 24.0 Å². The predicted molar refractivity (Wildman–Crippen MR) is 80.8 cm³/mol. The number of carboxylic acid groups (broad SMARTS) is 1. The van der Waals surface area contributed by atoms with Crippen molar-refractivity contribution in [2.45, 2.75) is 31.9 Å². The number of carbonyl (C=O) groups is 5. The SMILES string of the molecule is C[C@@H](Oc1cccc2c1C(=O)N([C@H]1CCC(=O)NC1=O)C2=O)C(=O)O. The molecule has 2 aliphatic heterocycles. The molecule has 130 valence electrons. The molecule has 25 heavy (non-hydrogen) atoms. The maximum Gasteiger partial charge on any atom is 0.344 e. The summed E-state index contributed by atoms with van der Waals surface area (Å²) in [6.07, 6.45) is -1.17. The Kier molecular flexibility index (Phi) is 3.99. The van der Waals surface area contributed by atoms with Crippen LogP contribution in [-0.2, 0) is 14.4 Å². The Morgan fingerprint density at radius 1 is 1.28 bits per heavy atom. The average Bonchev–Trinajstić information content (AvgIpc) is 2.80. The van der Waals surface area contributed by atoms with Gasteiger partial charge in [-0.3, -0.25) is 29.4 Å². The predicted octanol–water partition coefficient (Wildman–Crippen LogP) is -0.0603. The first-order valence-corrected chi connectivity index (χ1v) is 7.55. The van der Waals surface area contributed by atoms with Crippen LogP contribution in [0.25, 0.3) is 0 Å². The zero-order valence-corrected chi connectivity index (χ0v) is 13.1. The number of fused-ring (bicyclic) bond motifs is 1. The highest BCUT2D eigenvalue weighted by Gasteiger charge is 2.46. The third-order valence-electron chi connectivity index (χ3n) is 4.08. The molecule has 1 fully saturated rings. The molecule has 0 spiro atoms. The number of aliphatic carboxylic acids is 1. The van der Waals surface area contributed by atoms with Gasteiger partial charge in [-0.05, 0) is 25.5 Å². The number of nitrogens with one attached hydrogen (secondary N) is 1. The van der Waals surface area contributed by atoms with E-state index in [-0.39, 0.29) is 29.7 Å². The number of carboxylic acids is 1. The van der Waals surface area contributed by atoms with Gasteiger partial charge in [0.25, 0.3) is 11.8 Å². The molecule has 1 aromatic carbocycles. The van der Waals surface area contributed by atoms with Crippen LogP contribution in [0.15, 0.2) is 18.2 Å². The fraction of sp³-hybridized carbons (Fsp3) is 0.312. The molecule has 3 rings (SSSR count). The Morgan fingerprint density at radius 3 is 2.64 bits per heavy atom. The molecule has 9 heteroatoms. The quantitative estimate of drug-likeness (QED) is 0.730. The maximum absolute atomic E-state index is 12.7. The summed E-state index contributed by atoms with van der Waals surface area (Å²) < 4.78 is 5.26. The van der Waals surface area contributed by atoms with Crippen LogP contribution in [0.3, 0.4) is 0 Å². The van der Waals surface area contributed by atoms with Crippen molar-refractivity contribution in [2.24, 2.45) is 0 Å². The minimum absolute atomic E-state index is 0.0171. The van der Waals surface area contributed by atoms with E-state index in [2.05, 4.69) is 5.32 Å². The normalized spacial score (nSPS) is 21.0. The molecule has 0 aromatic heterocycles. The number of carbonyl (C=O) groups excluding carboxylic acids is 4. The van der Waals surface area contributed by atoms with Gasteiger partial charge in [-0.25, -0.2) is 4.79 Å². The number of imide groups is 2. The number of ether oxygens (including phenoxy) is 1. The zero-order valence-electron chi connectivity index (χ0n) is 13.1. The van der Waals surface area contributed by atoms with Crippen LogP contribution in [0.2, 0.25) is 0 Å². The summed E-state index contributed by atoms with van der Waals surface area (Å²) in [5.41, 5.74) is -0.0462. The van der Waals surface area contributed by atoms with Gasteiger partial charge >= 0.3 is 5.97 Å². The first kappa shape index (κ1) is 16.6. The van der Waals surface area contributed by atoms with Gasteiger partial charge in [0.1, 0.15) is 11.8 Å². The maximum atomic E-state index is 12.7. The van der Waals surface area contributed by atoms with Crippen LogP contribution < -0.4 is 10.1 Å². The van der Waals surface area contributed by atoms with Crippen molar-refractivity contribution in [1.29, 1.82) is 0 Å². The topological polar surface area (TPSA) is 130 Å². The number of amides is 4. The number of hydrogen-bond donors (Lipinski definition) is 2. The first-order chi connectivity index (χ1) is 11.8. The number of rotatable bonds is 4. The Bertz CT molecular complexity index is 817. The smallest absolute Gasteiger partial charge is 0.344 e. The highest BCUT2D eigenvalue weighted by atomic mass is 16.5. The van der Waals surface area contributed by atoms with Crippen molar-refractivity contribution < 1.29 is 33.8 Å². The van der Waals surface area contributed by atoms with Gasteiger partial charge in [0.2, 0.25) is 11.8 Å². The molecule has 2 heterocycles. The summed E-state index contributed by atoms with van der Waals surface area (Å²) in [4.78, 5) is 60.3. The molecule has 2 aliphatic rings. The number of nitrogens with zero attached hydrogens (tertiary/aromatic N) is 1. The lowest BCUT2D eigenvalue weighted by Gasteiger charge is -2.27. The molecule has 2 atom stereocenters. The molecule has 1 saturated heterocycles. The van der Waals surface area contributed by atoms with Crippen LogP contribution in [0.5, 0.6) is 5.75 Å². The van der Waals surface area contributed by atoms with Gasteiger partial charge in [-0.1, -0.05) is 6.07 Å². The van der Waals surface area contributed by atoms with E-state index < -0.39 is 41.7 Å². The summed E-state index contributed by atoms with van der Waals surface area (Å²) >= 11 is 0. The van der Waals surface area contributed by atoms with Crippen molar-refractivity contribution in [1.82, 2.24) is 10.2 Å². The van der Waals surface area contributed by atoms with Crippen molar-refractivity contribution in [3.8, 4) is 5.75 Å². The Balaban J connectivity index is 1.95. The second-order valence-electron chi connectivity index (χ2n) is 5.72. The van der Waals surface area contributed by atoms with Crippen LogP contribution in [0.4, 0.5) is 0 Å².